The molecule has 1 heterocycles. The molecule has 0 saturated carbocycles. The SMILES string of the molecule is COCCOCCCN1CC(S(N)(=O)=O)CC1=O. The number of ether oxygens (including phenoxy) is 2. The highest BCUT2D eigenvalue weighted by Gasteiger charge is 2.35. The van der Waals surface area contributed by atoms with E-state index in [0.717, 1.165) is 0 Å². The van der Waals surface area contributed by atoms with Gasteiger partial charge in [-0.25, -0.2) is 13.6 Å². The van der Waals surface area contributed by atoms with Crippen LogP contribution >= 0.6 is 0 Å². The van der Waals surface area contributed by atoms with Crippen molar-refractivity contribution in [3.63, 3.8) is 0 Å². The van der Waals surface area contributed by atoms with Gasteiger partial charge in [-0.05, 0) is 6.42 Å². The zero-order valence-electron chi connectivity index (χ0n) is 10.5. The van der Waals surface area contributed by atoms with Crippen molar-refractivity contribution in [2.24, 2.45) is 5.14 Å². The Bertz CT molecular complexity index is 370. The van der Waals surface area contributed by atoms with E-state index in [1.807, 2.05) is 0 Å². The van der Waals surface area contributed by atoms with Crippen LogP contribution in [0.5, 0.6) is 0 Å². The standard InChI is InChI=1S/C10H20N2O5S/c1-16-5-6-17-4-2-3-12-8-9(7-10(12)13)18(11,14)15/h9H,2-8H2,1H3,(H2,11,14,15). The van der Waals surface area contributed by atoms with Gasteiger partial charge in [-0.3, -0.25) is 4.79 Å². The largest absolute Gasteiger partial charge is 0.382 e. The van der Waals surface area contributed by atoms with Gasteiger partial charge in [-0.2, -0.15) is 0 Å². The van der Waals surface area contributed by atoms with Gasteiger partial charge in [-0.1, -0.05) is 0 Å². The van der Waals surface area contributed by atoms with Crippen LogP contribution in [-0.4, -0.2) is 64.5 Å². The molecule has 1 aliphatic rings. The van der Waals surface area contributed by atoms with Crippen molar-refractivity contribution in [2.45, 2.75) is 18.1 Å². The lowest BCUT2D eigenvalue weighted by Crippen LogP contribution is -2.32. The second kappa shape index (κ2) is 7.03. The molecule has 0 radical (unpaired) electrons. The van der Waals surface area contributed by atoms with Crippen LogP contribution in [0.25, 0.3) is 0 Å². The minimum Gasteiger partial charge on any atom is -0.382 e. The summed E-state index contributed by atoms with van der Waals surface area (Å²) in [6.07, 6.45) is 0.663. The summed E-state index contributed by atoms with van der Waals surface area (Å²) in [7, 11) is -2.02. The number of sulfonamides is 1. The fraction of sp³-hybridized carbons (Fsp3) is 0.900. The summed E-state index contributed by atoms with van der Waals surface area (Å²) in [5.74, 6) is -0.161. The number of rotatable bonds is 8. The summed E-state index contributed by atoms with van der Waals surface area (Å²) in [5.41, 5.74) is 0. The Morgan fingerprint density at radius 3 is 2.67 bits per heavy atom. The summed E-state index contributed by atoms with van der Waals surface area (Å²) in [6, 6.07) is 0. The molecule has 18 heavy (non-hydrogen) atoms. The molecule has 8 heteroatoms. The third-order valence-electron chi connectivity index (χ3n) is 2.79. The molecule has 1 amide bonds. The first-order valence-corrected chi connectivity index (χ1v) is 7.42. The van der Waals surface area contributed by atoms with Crippen LogP contribution in [0, 0.1) is 0 Å². The first-order chi connectivity index (χ1) is 8.45. The monoisotopic (exact) mass is 280 g/mol. The van der Waals surface area contributed by atoms with Crippen LogP contribution in [0.1, 0.15) is 12.8 Å². The van der Waals surface area contributed by atoms with Crippen molar-refractivity contribution < 1.29 is 22.7 Å². The Hall–Kier alpha value is -0.700. The fourth-order valence-electron chi connectivity index (χ4n) is 1.77. The highest BCUT2D eigenvalue weighted by atomic mass is 32.2. The maximum absolute atomic E-state index is 11.5. The Kier molecular flexibility index (Phi) is 6.00. The molecule has 1 atom stereocenters. The Balaban J connectivity index is 2.22. The van der Waals surface area contributed by atoms with Crippen molar-refractivity contribution in [3.8, 4) is 0 Å². The lowest BCUT2D eigenvalue weighted by Gasteiger charge is -2.15. The first-order valence-electron chi connectivity index (χ1n) is 5.81. The first kappa shape index (κ1) is 15.4. The molecular formula is C10H20N2O5S. The van der Waals surface area contributed by atoms with E-state index in [9.17, 15) is 13.2 Å². The lowest BCUT2D eigenvalue weighted by atomic mass is 10.4. The predicted molar refractivity (Wildman–Crippen MR) is 65.4 cm³/mol. The molecule has 1 saturated heterocycles. The van der Waals surface area contributed by atoms with Crippen molar-refractivity contribution in [3.05, 3.63) is 0 Å². The van der Waals surface area contributed by atoms with Gasteiger partial charge in [0, 0.05) is 33.2 Å². The topological polar surface area (TPSA) is 98.9 Å². The second-order valence-corrected chi connectivity index (χ2v) is 6.06. The van der Waals surface area contributed by atoms with E-state index in [1.165, 1.54) is 4.90 Å². The van der Waals surface area contributed by atoms with Crippen LogP contribution < -0.4 is 5.14 Å². The van der Waals surface area contributed by atoms with Gasteiger partial charge in [-0.15, -0.1) is 0 Å². The van der Waals surface area contributed by atoms with Gasteiger partial charge in [0.1, 0.15) is 5.25 Å². The van der Waals surface area contributed by atoms with Crippen LogP contribution in [0.4, 0.5) is 0 Å². The van der Waals surface area contributed by atoms with Crippen LogP contribution in [0.3, 0.4) is 0 Å². The lowest BCUT2D eigenvalue weighted by molar-refractivity contribution is -0.127. The minimum absolute atomic E-state index is 0.0106. The second-order valence-electron chi connectivity index (χ2n) is 4.21. The average Bonchev–Trinajstić information content (AvgIpc) is 2.65. The molecule has 1 unspecified atom stereocenters. The number of nitrogens with two attached hydrogens (primary N) is 1. The molecule has 1 aliphatic heterocycles. The number of amides is 1. The van der Waals surface area contributed by atoms with Crippen molar-refractivity contribution >= 4 is 15.9 Å². The average molecular weight is 280 g/mol. The van der Waals surface area contributed by atoms with Crippen molar-refractivity contribution in [1.29, 1.82) is 0 Å². The van der Waals surface area contributed by atoms with E-state index in [-0.39, 0.29) is 18.9 Å². The van der Waals surface area contributed by atoms with E-state index in [4.69, 9.17) is 14.6 Å². The van der Waals surface area contributed by atoms with Gasteiger partial charge in [0.2, 0.25) is 15.9 Å². The van der Waals surface area contributed by atoms with Crippen molar-refractivity contribution in [2.75, 3.05) is 40.0 Å². The number of primary sulfonamides is 1. The Morgan fingerprint density at radius 1 is 1.39 bits per heavy atom. The molecule has 1 rings (SSSR count). The van der Waals surface area contributed by atoms with Gasteiger partial charge in [0.15, 0.2) is 0 Å². The molecule has 0 aromatic carbocycles. The maximum Gasteiger partial charge on any atom is 0.224 e. The molecule has 0 aromatic rings. The smallest absolute Gasteiger partial charge is 0.224 e. The van der Waals surface area contributed by atoms with Crippen LogP contribution in [0.15, 0.2) is 0 Å². The van der Waals surface area contributed by atoms with Crippen LogP contribution in [0.2, 0.25) is 0 Å². The normalized spacial score (nSPS) is 20.7. The van der Waals surface area contributed by atoms with E-state index in [1.54, 1.807) is 7.11 Å². The van der Waals surface area contributed by atoms with E-state index in [2.05, 4.69) is 0 Å². The third-order valence-corrected chi connectivity index (χ3v) is 4.04. The summed E-state index contributed by atoms with van der Waals surface area (Å²) in [5, 5.41) is 4.27. The molecule has 0 aromatic heterocycles. The summed E-state index contributed by atoms with van der Waals surface area (Å²) < 4.78 is 32.3. The molecule has 1 fully saturated rings. The minimum atomic E-state index is -3.62. The molecule has 106 valence electrons. The van der Waals surface area contributed by atoms with Gasteiger partial charge < -0.3 is 14.4 Å². The van der Waals surface area contributed by atoms with Crippen molar-refractivity contribution in [1.82, 2.24) is 4.90 Å². The van der Waals surface area contributed by atoms with E-state index in [0.29, 0.717) is 32.8 Å². The number of hydrogen-bond acceptors (Lipinski definition) is 5. The molecular weight excluding hydrogens is 260 g/mol. The summed E-state index contributed by atoms with van der Waals surface area (Å²) >= 11 is 0. The molecule has 0 aliphatic carbocycles. The quantitative estimate of drug-likeness (QED) is 0.571. The maximum atomic E-state index is 11.5. The number of likely N-dealkylation sites (tertiary alicyclic amines) is 1. The molecule has 0 bridgehead atoms. The van der Waals surface area contributed by atoms with Gasteiger partial charge in [0.25, 0.3) is 0 Å². The highest BCUT2D eigenvalue weighted by molar-refractivity contribution is 7.89. The highest BCUT2D eigenvalue weighted by Crippen LogP contribution is 2.16. The van der Waals surface area contributed by atoms with Gasteiger partial charge in [0.05, 0.1) is 13.2 Å². The molecule has 0 spiro atoms. The van der Waals surface area contributed by atoms with Crippen LogP contribution in [-0.2, 0) is 24.3 Å². The van der Waals surface area contributed by atoms with E-state index < -0.39 is 15.3 Å². The third kappa shape index (κ3) is 4.89. The Labute approximate surface area is 107 Å². The number of methoxy groups -OCH3 is 1. The molecule has 2 N–H and O–H groups in total. The number of carbonyl (C=O) groups excluding carboxylic acids is 1. The predicted octanol–water partition coefficient (Wildman–Crippen LogP) is -1.07. The zero-order chi connectivity index (χ0) is 13.6. The van der Waals surface area contributed by atoms with Gasteiger partial charge >= 0.3 is 0 Å². The number of nitrogens with zero attached hydrogens (tertiary/aromatic N) is 1. The fourth-order valence-corrected chi connectivity index (χ4v) is 2.54. The number of carbonyl (C=O) groups is 1. The summed E-state index contributed by atoms with van der Waals surface area (Å²) in [4.78, 5) is 13.1. The van der Waals surface area contributed by atoms with E-state index >= 15 is 0 Å². The number of hydrogen-bond donors (Lipinski definition) is 1. The zero-order valence-corrected chi connectivity index (χ0v) is 11.3. The Morgan fingerprint density at radius 2 is 2.11 bits per heavy atom. The molecule has 7 nitrogen and oxygen atoms in total. The summed E-state index contributed by atoms with van der Waals surface area (Å²) in [6.45, 7) is 2.27.